The highest BCUT2D eigenvalue weighted by molar-refractivity contribution is 5.79. The Labute approximate surface area is 173 Å². The van der Waals surface area contributed by atoms with Crippen molar-refractivity contribution in [2.75, 3.05) is 26.8 Å². The maximum atomic E-state index is 9.35. The van der Waals surface area contributed by atoms with Crippen LogP contribution in [0.25, 0.3) is 0 Å². The van der Waals surface area contributed by atoms with Gasteiger partial charge in [-0.05, 0) is 49.1 Å². The van der Waals surface area contributed by atoms with Gasteiger partial charge in [0.05, 0.1) is 13.2 Å². The molecule has 1 atom stereocenters. The van der Waals surface area contributed by atoms with Gasteiger partial charge >= 0.3 is 0 Å². The summed E-state index contributed by atoms with van der Waals surface area (Å²) in [4.78, 5) is 4.31. The van der Waals surface area contributed by atoms with E-state index in [2.05, 4.69) is 40.7 Å². The Bertz CT molecular complexity index is 800. The lowest BCUT2D eigenvalue weighted by Gasteiger charge is -2.18. The van der Waals surface area contributed by atoms with Gasteiger partial charge in [0, 0.05) is 32.1 Å². The van der Waals surface area contributed by atoms with E-state index in [4.69, 9.17) is 9.47 Å². The predicted octanol–water partition coefficient (Wildman–Crippen LogP) is 3.17. The number of ether oxygens (including phenoxy) is 2. The SMILES string of the molecule is CN=C(NCCCc1ccc(O)cc1)NCc1ccc(C)cc1OC1CCOC1. The summed E-state index contributed by atoms with van der Waals surface area (Å²) in [7, 11) is 1.78. The molecule has 0 amide bonds. The molecule has 2 aromatic rings. The predicted molar refractivity (Wildman–Crippen MR) is 116 cm³/mol. The molecule has 156 valence electrons. The number of aliphatic imine (C=N–C) groups is 1. The first-order chi connectivity index (χ1) is 14.1. The number of rotatable bonds is 8. The fourth-order valence-corrected chi connectivity index (χ4v) is 3.26. The molecule has 0 bridgehead atoms. The van der Waals surface area contributed by atoms with Crippen molar-refractivity contribution in [1.29, 1.82) is 0 Å². The number of nitrogens with zero attached hydrogens (tertiary/aromatic N) is 1. The van der Waals surface area contributed by atoms with Gasteiger partial charge in [-0.2, -0.15) is 0 Å². The maximum absolute atomic E-state index is 9.35. The highest BCUT2D eigenvalue weighted by Gasteiger charge is 2.18. The summed E-state index contributed by atoms with van der Waals surface area (Å²) >= 11 is 0. The number of aromatic hydroxyl groups is 1. The fourth-order valence-electron chi connectivity index (χ4n) is 3.26. The molecule has 0 radical (unpaired) electrons. The van der Waals surface area contributed by atoms with Gasteiger partial charge in [-0.15, -0.1) is 0 Å². The largest absolute Gasteiger partial charge is 0.508 e. The molecule has 1 heterocycles. The van der Waals surface area contributed by atoms with Crippen LogP contribution in [0.3, 0.4) is 0 Å². The zero-order chi connectivity index (χ0) is 20.5. The lowest BCUT2D eigenvalue weighted by atomic mass is 10.1. The number of hydrogen-bond acceptors (Lipinski definition) is 4. The van der Waals surface area contributed by atoms with E-state index < -0.39 is 0 Å². The Morgan fingerprint density at radius 2 is 2.03 bits per heavy atom. The summed E-state index contributed by atoms with van der Waals surface area (Å²) in [5.41, 5.74) is 3.50. The van der Waals surface area contributed by atoms with Crippen molar-refractivity contribution in [1.82, 2.24) is 10.6 Å². The second-order valence-corrected chi connectivity index (χ2v) is 7.34. The van der Waals surface area contributed by atoms with Crippen LogP contribution >= 0.6 is 0 Å². The summed E-state index contributed by atoms with van der Waals surface area (Å²) in [6.07, 6.45) is 2.99. The molecule has 3 N–H and O–H groups in total. The molecule has 0 spiro atoms. The van der Waals surface area contributed by atoms with E-state index in [0.717, 1.165) is 49.7 Å². The van der Waals surface area contributed by atoms with Crippen molar-refractivity contribution in [3.05, 3.63) is 59.2 Å². The van der Waals surface area contributed by atoms with Crippen LogP contribution in [0.2, 0.25) is 0 Å². The van der Waals surface area contributed by atoms with Crippen LogP contribution in [-0.4, -0.2) is 44.0 Å². The van der Waals surface area contributed by atoms with Crippen LogP contribution in [-0.2, 0) is 17.7 Å². The van der Waals surface area contributed by atoms with Crippen molar-refractivity contribution in [2.24, 2.45) is 4.99 Å². The van der Waals surface area contributed by atoms with E-state index in [-0.39, 0.29) is 6.10 Å². The molecule has 6 heteroatoms. The Morgan fingerprint density at radius 1 is 1.21 bits per heavy atom. The highest BCUT2D eigenvalue weighted by Crippen LogP contribution is 2.23. The van der Waals surface area contributed by atoms with Gasteiger partial charge in [0.1, 0.15) is 17.6 Å². The summed E-state index contributed by atoms with van der Waals surface area (Å²) in [6.45, 7) is 4.96. The van der Waals surface area contributed by atoms with Crippen LogP contribution in [0.1, 0.15) is 29.5 Å². The molecule has 1 unspecified atom stereocenters. The third-order valence-electron chi connectivity index (χ3n) is 4.95. The van der Waals surface area contributed by atoms with Gasteiger partial charge in [0.2, 0.25) is 0 Å². The van der Waals surface area contributed by atoms with Gasteiger partial charge < -0.3 is 25.2 Å². The van der Waals surface area contributed by atoms with Crippen molar-refractivity contribution >= 4 is 5.96 Å². The van der Waals surface area contributed by atoms with E-state index in [0.29, 0.717) is 18.9 Å². The molecule has 1 aliphatic rings. The average molecular weight is 398 g/mol. The first kappa shape index (κ1) is 21.0. The number of phenols is 1. The van der Waals surface area contributed by atoms with Crippen LogP contribution in [0.5, 0.6) is 11.5 Å². The minimum Gasteiger partial charge on any atom is -0.508 e. The molecule has 3 rings (SSSR count). The third-order valence-corrected chi connectivity index (χ3v) is 4.95. The van der Waals surface area contributed by atoms with E-state index in [1.165, 1.54) is 11.1 Å². The molecule has 1 saturated heterocycles. The second-order valence-electron chi connectivity index (χ2n) is 7.34. The van der Waals surface area contributed by atoms with Crippen LogP contribution < -0.4 is 15.4 Å². The fraction of sp³-hybridized carbons (Fsp3) is 0.435. The normalized spacial score (nSPS) is 16.6. The van der Waals surface area contributed by atoms with Gasteiger partial charge in [-0.1, -0.05) is 24.3 Å². The van der Waals surface area contributed by atoms with Gasteiger partial charge in [0.15, 0.2) is 5.96 Å². The standard InChI is InChI=1S/C23H31N3O3/c1-17-5-8-19(22(14-17)29-21-11-13-28-16-21)15-26-23(24-2)25-12-3-4-18-6-9-20(27)10-7-18/h5-10,14,21,27H,3-4,11-13,15-16H2,1-2H3,(H2,24,25,26). The molecule has 6 nitrogen and oxygen atoms in total. The zero-order valence-electron chi connectivity index (χ0n) is 17.3. The van der Waals surface area contributed by atoms with Gasteiger partial charge in [-0.3, -0.25) is 4.99 Å². The van der Waals surface area contributed by atoms with Crippen LogP contribution in [0.4, 0.5) is 0 Å². The Kier molecular flexibility index (Phi) is 7.76. The summed E-state index contributed by atoms with van der Waals surface area (Å²) in [6, 6.07) is 13.6. The third kappa shape index (κ3) is 6.68. The first-order valence-electron chi connectivity index (χ1n) is 10.2. The molecular formula is C23H31N3O3. The first-order valence-corrected chi connectivity index (χ1v) is 10.2. The average Bonchev–Trinajstić information content (AvgIpc) is 3.23. The number of hydrogen-bond donors (Lipinski definition) is 3. The van der Waals surface area contributed by atoms with E-state index in [9.17, 15) is 5.11 Å². The molecule has 0 aliphatic carbocycles. The molecular weight excluding hydrogens is 366 g/mol. The van der Waals surface area contributed by atoms with Crippen LogP contribution in [0.15, 0.2) is 47.5 Å². The number of phenolic OH excluding ortho intramolecular Hbond substituents is 1. The lowest BCUT2D eigenvalue weighted by Crippen LogP contribution is -2.37. The number of guanidine groups is 1. The van der Waals surface area contributed by atoms with Crippen molar-refractivity contribution in [3.63, 3.8) is 0 Å². The minimum atomic E-state index is 0.132. The Morgan fingerprint density at radius 3 is 2.76 bits per heavy atom. The topological polar surface area (TPSA) is 75.1 Å². The minimum absolute atomic E-state index is 0.132. The zero-order valence-corrected chi connectivity index (χ0v) is 17.3. The van der Waals surface area contributed by atoms with Gasteiger partial charge in [-0.25, -0.2) is 0 Å². The molecule has 1 aliphatic heterocycles. The maximum Gasteiger partial charge on any atom is 0.191 e. The smallest absolute Gasteiger partial charge is 0.191 e. The summed E-state index contributed by atoms with van der Waals surface area (Å²) in [5.74, 6) is 1.98. The molecule has 29 heavy (non-hydrogen) atoms. The summed E-state index contributed by atoms with van der Waals surface area (Å²) < 4.78 is 11.6. The van der Waals surface area contributed by atoms with E-state index in [1.54, 1.807) is 19.2 Å². The lowest BCUT2D eigenvalue weighted by molar-refractivity contribution is 0.140. The Hall–Kier alpha value is -2.73. The van der Waals surface area contributed by atoms with Crippen molar-refractivity contribution < 1.29 is 14.6 Å². The van der Waals surface area contributed by atoms with Crippen LogP contribution in [0, 0.1) is 6.92 Å². The quantitative estimate of drug-likeness (QED) is 0.362. The molecule has 0 aromatic heterocycles. The van der Waals surface area contributed by atoms with E-state index >= 15 is 0 Å². The second kappa shape index (κ2) is 10.7. The molecule has 0 saturated carbocycles. The Balaban J connectivity index is 1.46. The van der Waals surface area contributed by atoms with Gasteiger partial charge in [0.25, 0.3) is 0 Å². The summed E-state index contributed by atoms with van der Waals surface area (Å²) in [5, 5.41) is 16.1. The number of aryl methyl sites for hydroxylation is 2. The van der Waals surface area contributed by atoms with Crippen molar-refractivity contribution in [2.45, 2.75) is 38.8 Å². The monoisotopic (exact) mass is 397 g/mol. The number of benzene rings is 2. The van der Waals surface area contributed by atoms with Crippen molar-refractivity contribution in [3.8, 4) is 11.5 Å². The van der Waals surface area contributed by atoms with E-state index in [1.807, 2.05) is 12.1 Å². The molecule has 2 aromatic carbocycles. The molecule has 1 fully saturated rings. The number of nitrogens with one attached hydrogen (secondary N) is 2. The highest BCUT2D eigenvalue weighted by atomic mass is 16.5.